The van der Waals surface area contributed by atoms with Crippen molar-refractivity contribution in [3.05, 3.63) is 21.0 Å². The first-order valence-electron chi connectivity index (χ1n) is 5.87. The lowest BCUT2D eigenvalue weighted by atomic mass is 9.90. The fourth-order valence-electron chi connectivity index (χ4n) is 2.14. The average molecular weight is 366 g/mol. The molecule has 1 aliphatic rings. The summed E-state index contributed by atoms with van der Waals surface area (Å²) >= 11 is 6.81. The van der Waals surface area contributed by atoms with Gasteiger partial charge in [0.25, 0.3) is 0 Å². The molecule has 5 heteroatoms. The molecule has 2 rings (SSSR count). The van der Waals surface area contributed by atoms with Crippen molar-refractivity contribution < 1.29 is 4.42 Å². The van der Waals surface area contributed by atoms with Gasteiger partial charge in [0.05, 0.1) is 11.0 Å². The van der Waals surface area contributed by atoms with Gasteiger partial charge in [0.1, 0.15) is 5.76 Å². The minimum absolute atomic E-state index is 0.306. The lowest BCUT2D eigenvalue weighted by molar-refractivity contribution is 0.138. The first-order valence-corrected chi connectivity index (χ1v) is 7.46. The number of likely N-dealkylation sites (tertiary alicyclic amines) is 1. The van der Waals surface area contributed by atoms with Crippen molar-refractivity contribution in [1.82, 2.24) is 10.2 Å². The van der Waals surface area contributed by atoms with Crippen molar-refractivity contribution in [2.75, 3.05) is 20.1 Å². The Kier molecular flexibility index (Phi) is 4.34. The number of hydrogen-bond acceptors (Lipinski definition) is 3. The van der Waals surface area contributed by atoms with Crippen LogP contribution in [-0.4, -0.2) is 30.6 Å². The van der Waals surface area contributed by atoms with E-state index in [4.69, 9.17) is 4.42 Å². The number of halogens is 2. The molecule has 0 bridgehead atoms. The molecule has 0 unspecified atom stereocenters. The van der Waals surface area contributed by atoms with Crippen molar-refractivity contribution >= 4 is 31.9 Å². The standard InChI is InChI=1S/C12H18Br2N2O/c1-12(15-2)3-5-16(6-4-12)8-9-7-10(13)11(14)17-9/h7,15H,3-6,8H2,1-2H3. The normalized spacial score (nSPS) is 20.7. The minimum Gasteiger partial charge on any atom is -0.452 e. The number of piperidine rings is 1. The lowest BCUT2D eigenvalue weighted by Crippen LogP contribution is -2.49. The van der Waals surface area contributed by atoms with Crippen LogP contribution in [0, 0.1) is 0 Å². The third kappa shape index (κ3) is 3.34. The first kappa shape index (κ1) is 13.6. The van der Waals surface area contributed by atoms with E-state index in [1.54, 1.807) is 0 Å². The highest BCUT2D eigenvalue weighted by molar-refractivity contribution is 9.13. The van der Waals surface area contributed by atoms with E-state index in [2.05, 4.69) is 56.0 Å². The molecule has 1 aliphatic heterocycles. The van der Waals surface area contributed by atoms with E-state index in [-0.39, 0.29) is 0 Å². The molecule has 3 nitrogen and oxygen atoms in total. The lowest BCUT2D eigenvalue weighted by Gasteiger charge is -2.38. The smallest absolute Gasteiger partial charge is 0.183 e. The molecule has 0 radical (unpaired) electrons. The average Bonchev–Trinajstić information content (AvgIpc) is 2.62. The minimum atomic E-state index is 0.306. The second-order valence-electron chi connectivity index (χ2n) is 4.92. The zero-order valence-electron chi connectivity index (χ0n) is 10.2. The summed E-state index contributed by atoms with van der Waals surface area (Å²) in [6, 6.07) is 2.04. The van der Waals surface area contributed by atoms with E-state index >= 15 is 0 Å². The van der Waals surface area contributed by atoms with Crippen molar-refractivity contribution in [1.29, 1.82) is 0 Å². The summed E-state index contributed by atoms with van der Waals surface area (Å²) in [6.45, 7) is 5.43. The van der Waals surface area contributed by atoms with Crippen molar-refractivity contribution in [3.63, 3.8) is 0 Å². The van der Waals surface area contributed by atoms with E-state index in [1.807, 2.05) is 6.07 Å². The quantitative estimate of drug-likeness (QED) is 0.889. The highest BCUT2D eigenvalue weighted by Gasteiger charge is 2.28. The van der Waals surface area contributed by atoms with Crippen LogP contribution in [0.4, 0.5) is 0 Å². The number of hydrogen-bond donors (Lipinski definition) is 1. The fraction of sp³-hybridized carbons (Fsp3) is 0.667. The summed E-state index contributed by atoms with van der Waals surface area (Å²) in [5, 5.41) is 3.41. The first-order chi connectivity index (χ1) is 8.02. The van der Waals surface area contributed by atoms with Crippen LogP contribution < -0.4 is 5.32 Å². The molecule has 1 saturated heterocycles. The maximum Gasteiger partial charge on any atom is 0.183 e. The molecule has 17 heavy (non-hydrogen) atoms. The van der Waals surface area contributed by atoms with Gasteiger partial charge in [0.15, 0.2) is 4.67 Å². The number of rotatable bonds is 3. The maximum absolute atomic E-state index is 5.61. The zero-order chi connectivity index (χ0) is 12.5. The summed E-state index contributed by atoms with van der Waals surface area (Å²) in [6.07, 6.45) is 2.37. The van der Waals surface area contributed by atoms with Crippen LogP contribution >= 0.6 is 31.9 Å². The molecule has 2 heterocycles. The van der Waals surface area contributed by atoms with Gasteiger partial charge in [0.2, 0.25) is 0 Å². The third-order valence-electron chi connectivity index (χ3n) is 3.64. The largest absolute Gasteiger partial charge is 0.452 e. The fourth-order valence-corrected chi connectivity index (χ4v) is 2.80. The van der Waals surface area contributed by atoms with Gasteiger partial charge in [0, 0.05) is 18.6 Å². The SMILES string of the molecule is CNC1(C)CCN(Cc2cc(Br)c(Br)o2)CC1. The predicted octanol–water partition coefficient (Wildman–Crippen LogP) is 3.38. The highest BCUT2D eigenvalue weighted by atomic mass is 79.9. The molecule has 1 fully saturated rings. The van der Waals surface area contributed by atoms with Gasteiger partial charge < -0.3 is 9.73 Å². The second-order valence-corrected chi connectivity index (χ2v) is 6.50. The molecular weight excluding hydrogens is 348 g/mol. The van der Waals surface area contributed by atoms with E-state index in [0.717, 1.165) is 34.5 Å². The Balaban J connectivity index is 1.90. The van der Waals surface area contributed by atoms with Crippen molar-refractivity contribution in [2.24, 2.45) is 0 Å². The van der Waals surface area contributed by atoms with Crippen LogP contribution in [-0.2, 0) is 6.54 Å². The van der Waals surface area contributed by atoms with E-state index < -0.39 is 0 Å². The van der Waals surface area contributed by atoms with Gasteiger partial charge in [-0.15, -0.1) is 0 Å². The topological polar surface area (TPSA) is 28.4 Å². The summed E-state index contributed by atoms with van der Waals surface area (Å²) in [5.41, 5.74) is 0.306. The molecule has 1 aromatic heterocycles. The maximum atomic E-state index is 5.61. The van der Waals surface area contributed by atoms with E-state index in [9.17, 15) is 0 Å². The zero-order valence-corrected chi connectivity index (χ0v) is 13.4. The molecule has 1 N–H and O–H groups in total. The Hall–Kier alpha value is 0.160. The summed E-state index contributed by atoms with van der Waals surface area (Å²) in [5.74, 6) is 1.01. The van der Waals surface area contributed by atoms with Crippen LogP contribution in [0.25, 0.3) is 0 Å². The Labute approximate surface area is 119 Å². The molecule has 0 aliphatic carbocycles. The Morgan fingerprint density at radius 2 is 2.06 bits per heavy atom. The summed E-state index contributed by atoms with van der Waals surface area (Å²) < 4.78 is 7.38. The highest BCUT2D eigenvalue weighted by Crippen LogP contribution is 2.28. The molecule has 0 atom stereocenters. The third-order valence-corrected chi connectivity index (χ3v) is 5.35. The van der Waals surface area contributed by atoms with Gasteiger partial charge >= 0.3 is 0 Å². The van der Waals surface area contributed by atoms with Gasteiger partial charge in [-0.2, -0.15) is 0 Å². The Morgan fingerprint density at radius 1 is 1.41 bits per heavy atom. The summed E-state index contributed by atoms with van der Waals surface area (Å²) in [7, 11) is 2.05. The molecular formula is C12H18Br2N2O. The van der Waals surface area contributed by atoms with Crippen LogP contribution in [0.3, 0.4) is 0 Å². The Morgan fingerprint density at radius 3 is 2.53 bits per heavy atom. The number of furan rings is 1. The second kappa shape index (κ2) is 5.43. The van der Waals surface area contributed by atoms with Gasteiger partial charge in [-0.1, -0.05) is 0 Å². The van der Waals surface area contributed by atoms with Gasteiger partial charge in [-0.3, -0.25) is 4.90 Å². The van der Waals surface area contributed by atoms with Crippen LogP contribution in [0.15, 0.2) is 19.6 Å². The van der Waals surface area contributed by atoms with Gasteiger partial charge in [-0.05, 0) is 64.7 Å². The van der Waals surface area contributed by atoms with Crippen LogP contribution in [0.5, 0.6) is 0 Å². The van der Waals surface area contributed by atoms with Crippen molar-refractivity contribution in [3.8, 4) is 0 Å². The summed E-state index contributed by atoms with van der Waals surface area (Å²) in [4.78, 5) is 2.44. The molecule has 0 saturated carbocycles. The molecule has 1 aromatic rings. The van der Waals surface area contributed by atoms with E-state index in [0.29, 0.717) is 5.54 Å². The molecule has 0 aromatic carbocycles. The predicted molar refractivity (Wildman–Crippen MR) is 76.1 cm³/mol. The molecule has 96 valence electrons. The molecule has 0 amide bonds. The monoisotopic (exact) mass is 364 g/mol. The van der Waals surface area contributed by atoms with Crippen molar-refractivity contribution in [2.45, 2.75) is 31.8 Å². The van der Waals surface area contributed by atoms with Crippen LogP contribution in [0.1, 0.15) is 25.5 Å². The number of nitrogens with one attached hydrogen (secondary N) is 1. The number of nitrogens with zero attached hydrogens (tertiary/aromatic N) is 1. The Bertz CT molecular complexity index is 364. The molecule has 0 spiro atoms. The van der Waals surface area contributed by atoms with Gasteiger partial charge in [-0.25, -0.2) is 0 Å². The van der Waals surface area contributed by atoms with Crippen LogP contribution in [0.2, 0.25) is 0 Å². The van der Waals surface area contributed by atoms with E-state index in [1.165, 1.54) is 12.8 Å².